The zero-order valence-electron chi connectivity index (χ0n) is 12.0. The van der Waals surface area contributed by atoms with E-state index in [-0.39, 0.29) is 17.9 Å². The number of carbonyl (C=O) groups is 1. The summed E-state index contributed by atoms with van der Waals surface area (Å²) in [6.45, 7) is 1.96. The Bertz CT molecular complexity index is 613. The van der Waals surface area contributed by atoms with Crippen molar-refractivity contribution in [1.29, 1.82) is 0 Å². The van der Waals surface area contributed by atoms with Gasteiger partial charge in [0.25, 0.3) is 0 Å². The zero-order chi connectivity index (χ0) is 15.2. The van der Waals surface area contributed by atoms with Crippen molar-refractivity contribution in [2.24, 2.45) is 0 Å². The van der Waals surface area contributed by atoms with Crippen molar-refractivity contribution in [3.8, 4) is 0 Å². The highest BCUT2D eigenvalue weighted by Crippen LogP contribution is 2.21. The van der Waals surface area contributed by atoms with Crippen molar-refractivity contribution >= 4 is 17.4 Å². The van der Waals surface area contributed by atoms with Crippen LogP contribution in [0, 0.1) is 5.82 Å². The van der Waals surface area contributed by atoms with Gasteiger partial charge in [-0.25, -0.2) is 9.18 Å². The predicted octanol–water partition coefficient (Wildman–Crippen LogP) is 3.75. The minimum absolute atomic E-state index is 0.0153. The molecule has 0 bridgehead atoms. The molecule has 2 aromatic carbocycles. The number of benzene rings is 2. The van der Waals surface area contributed by atoms with E-state index in [1.165, 1.54) is 12.1 Å². The number of urea groups is 1. The summed E-state index contributed by atoms with van der Waals surface area (Å²) in [6.07, 6.45) is 0. The van der Waals surface area contributed by atoms with E-state index in [9.17, 15) is 9.18 Å². The van der Waals surface area contributed by atoms with Gasteiger partial charge in [0.2, 0.25) is 0 Å². The standard InChI is InChI=1S/C16H18FN3O/c1-11(12-4-3-5-13(17)10-12)19-14-6-8-15(9-7-14)20-16(21)18-2/h3-11,19H,1-2H3,(H2,18,20,21). The topological polar surface area (TPSA) is 53.2 Å². The second-order valence-electron chi connectivity index (χ2n) is 4.70. The summed E-state index contributed by atoms with van der Waals surface area (Å²) in [4.78, 5) is 11.2. The van der Waals surface area contributed by atoms with Crippen molar-refractivity contribution < 1.29 is 9.18 Å². The Labute approximate surface area is 123 Å². The summed E-state index contributed by atoms with van der Waals surface area (Å²) in [5, 5.41) is 8.45. The van der Waals surface area contributed by atoms with Crippen LogP contribution < -0.4 is 16.0 Å². The van der Waals surface area contributed by atoms with E-state index < -0.39 is 0 Å². The maximum Gasteiger partial charge on any atom is 0.318 e. The molecule has 0 spiro atoms. The molecule has 1 atom stereocenters. The van der Waals surface area contributed by atoms with Crippen molar-refractivity contribution in [3.63, 3.8) is 0 Å². The van der Waals surface area contributed by atoms with Crippen molar-refractivity contribution in [3.05, 3.63) is 59.9 Å². The van der Waals surface area contributed by atoms with Gasteiger partial charge in [-0.05, 0) is 48.9 Å². The number of rotatable bonds is 4. The van der Waals surface area contributed by atoms with Crippen molar-refractivity contribution in [1.82, 2.24) is 5.32 Å². The predicted molar refractivity (Wildman–Crippen MR) is 83.0 cm³/mol. The van der Waals surface area contributed by atoms with E-state index in [0.29, 0.717) is 5.69 Å². The van der Waals surface area contributed by atoms with E-state index in [1.54, 1.807) is 25.2 Å². The molecule has 110 valence electrons. The maximum absolute atomic E-state index is 13.2. The van der Waals surface area contributed by atoms with Gasteiger partial charge in [0.05, 0.1) is 0 Å². The number of hydrogen-bond acceptors (Lipinski definition) is 2. The van der Waals surface area contributed by atoms with E-state index >= 15 is 0 Å². The Morgan fingerprint density at radius 2 is 1.76 bits per heavy atom. The first kappa shape index (κ1) is 14.8. The lowest BCUT2D eigenvalue weighted by molar-refractivity contribution is 0.254. The molecule has 0 aliphatic heterocycles. The third-order valence-electron chi connectivity index (χ3n) is 3.10. The Morgan fingerprint density at radius 1 is 1.10 bits per heavy atom. The highest BCUT2D eigenvalue weighted by Gasteiger charge is 2.06. The lowest BCUT2D eigenvalue weighted by Crippen LogP contribution is -2.24. The number of nitrogens with one attached hydrogen (secondary N) is 3. The van der Waals surface area contributed by atoms with E-state index in [4.69, 9.17) is 0 Å². The smallest absolute Gasteiger partial charge is 0.318 e. The molecule has 4 nitrogen and oxygen atoms in total. The van der Waals surface area contributed by atoms with Crippen LogP contribution in [0.25, 0.3) is 0 Å². The Hall–Kier alpha value is -2.56. The molecule has 0 radical (unpaired) electrons. The largest absolute Gasteiger partial charge is 0.379 e. The Morgan fingerprint density at radius 3 is 2.38 bits per heavy atom. The van der Waals surface area contributed by atoms with Crippen LogP contribution in [-0.4, -0.2) is 13.1 Å². The van der Waals surface area contributed by atoms with E-state index in [2.05, 4.69) is 16.0 Å². The zero-order valence-corrected chi connectivity index (χ0v) is 12.0. The summed E-state index contributed by atoms with van der Waals surface area (Å²) < 4.78 is 13.2. The summed E-state index contributed by atoms with van der Waals surface area (Å²) in [5.74, 6) is -0.244. The van der Waals surface area contributed by atoms with Crippen LogP contribution in [0.2, 0.25) is 0 Å². The fourth-order valence-corrected chi connectivity index (χ4v) is 1.95. The summed E-state index contributed by atoms with van der Waals surface area (Å²) in [6, 6.07) is 13.6. The molecule has 1 unspecified atom stereocenters. The minimum Gasteiger partial charge on any atom is -0.379 e. The maximum atomic E-state index is 13.2. The van der Waals surface area contributed by atoms with Gasteiger partial charge >= 0.3 is 6.03 Å². The van der Waals surface area contributed by atoms with Gasteiger partial charge in [0.1, 0.15) is 5.82 Å². The molecule has 0 aliphatic rings. The second kappa shape index (κ2) is 6.74. The third kappa shape index (κ3) is 4.21. The molecule has 2 rings (SSSR count). The molecule has 2 aromatic rings. The van der Waals surface area contributed by atoms with Crippen LogP contribution in [0.1, 0.15) is 18.5 Å². The van der Waals surface area contributed by atoms with Gasteiger partial charge in [0.15, 0.2) is 0 Å². The fourth-order valence-electron chi connectivity index (χ4n) is 1.95. The number of halogens is 1. The lowest BCUT2D eigenvalue weighted by Gasteiger charge is -2.16. The average Bonchev–Trinajstić information content (AvgIpc) is 2.49. The van der Waals surface area contributed by atoms with Gasteiger partial charge < -0.3 is 16.0 Å². The first-order valence-corrected chi connectivity index (χ1v) is 6.69. The number of amides is 2. The van der Waals surface area contributed by atoms with Gasteiger partial charge in [0, 0.05) is 24.5 Å². The molecule has 3 N–H and O–H groups in total. The third-order valence-corrected chi connectivity index (χ3v) is 3.10. The van der Waals surface area contributed by atoms with Gasteiger partial charge in [-0.1, -0.05) is 12.1 Å². The summed E-state index contributed by atoms with van der Waals surface area (Å²) >= 11 is 0. The first-order valence-electron chi connectivity index (χ1n) is 6.69. The Kier molecular flexibility index (Phi) is 4.77. The molecule has 21 heavy (non-hydrogen) atoms. The molecule has 0 saturated heterocycles. The molecule has 0 aromatic heterocycles. The second-order valence-corrected chi connectivity index (χ2v) is 4.70. The van der Waals surface area contributed by atoms with Crippen LogP contribution in [0.4, 0.5) is 20.6 Å². The number of carbonyl (C=O) groups excluding carboxylic acids is 1. The van der Waals surface area contributed by atoms with Crippen LogP contribution in [0.15, 0.2) is 48.5 Å². The van der Waals surface area contributed by atoms with Gasteiger partial charge in [-0.3, -0.25) is 0 Å². The van der Waals surface area contributed by atoms with Crippen LogP contribution in [0.5, 0.6) is 0 Å². The molecule has 2 amide bonds. The molecule has 0 saturated carbocycles. The number of hydrogen-bond donors (Lipinski definition) is 3. The van der Waals surface area contributed by atoms with Gasteiger partial charge in [-0.2, -0.15) is 0 Å². The molecule has 5 heteroatoms. The first-order chi connectivity index (χ1) is 10.1. The van der Waals surface area contributed by atoms with E-state index in [1.807, 2.05) is 25.1 Å². The normalized spacial score (nSPS) is 11.6. The highest BCUT2D eigenvalue weighted by atomic mass is 19.1. The molecule has 0 fully saturated rings. The van der Waals surface area contributed by atoms with Crippen LogP contribution in [-0.2, 0) is 0 Å². The van der Waals surface area contributed by atoms with Gasteiger partial charge in [-0.15, -0.1) is 0 Å². The average molecular weight is 287 g/mol. The molecule has 0 heterocycles. The highest BCUT2D eigenvalue weighted by molar-refractivity contribution is 5.89. The van der Waals surface area contributed by atoms with Crippen molar-refractivity contribution in [2.45, 2.75) is 13.0 Å². The quantitative estimate of drug-likeness (QED) is 0.802. The minimum atomic E-state index is -0.260. The van der Waals surface area contributed by atoms with Crippen LogP contribution in [0.3, 0.4) is 0 Å². The SMILES string of the molecule is CNC(=O)Nc1ccc(NC(C)c2cccc(F)c2)cc1. The molecule has 0 aliphatic carbocycles. The van der Waals surface area contributed by atoms with Crippen LogP contribution >= 0.6 is 0 Å². The van der Waals surface area contributed by atoms with E-state index in [0.717, 1.165) is 11.3 Å². The lowest BCUT2D eigenvalue weighted by atomic mass is 10.1. The molecular formula is C16H18FN3O. The molecular weight excluding hydrogens is 269 g/mol. The summed E-state index contributed by atoms with van der Waals surface area (Å²) in [7, 11) is 1.56. The fraction of sp³-hybridized carbons (Fsp3) is 0.188. The van der Waals surface area contributed by atoms with Crippen molar-refractivity contribution in [2.75, 3.05) is 17.7 Å². The number of anilines is 2. The Balaban J connectivity index is 2.01. The monoisotopic (exact) mass is 287 g/mol. The summed E-state index contributed by atoms with van der Waals surface area (Å²) in [5.41, 5.74) is 2.48.